The van der Waals surface area contributed by atoms with E-state index in [1.165, 1.54) is 34.8 Å². The molecule has 0 bridgehead atoms. The molecule has 36 heavy (non-hydrogen) atoms. The minimum Gasteiger partial charge on any atom is -0.465 e. The third-order valence-corrected chi connectivity index (χ3v) is 7.09. The molecule has 0 saturated heterocycles. The smallest absolute Gasteiger partial charge is 0.341 e. The Morgan fingerprint density at radius 2 is 1.78 bits per heavy atom. The molecular weight excluding hydrogens is 488 g/mol. The quantitative estimate of drug-likeness (QED) is 0.195. The number of esters is 1. The standard InChI is InChI=1S/C28H24N4O2S2/c1-18-24(20-10-4-3-5-11-20)25(27(33)34-2)26(36-18)31-28(35)30-22-15-29-32(17-22)16-21-13-8-12-19-9-6-7-14-23(19)21/h3-15,17H,16H2,1-2H3,(H2,30,31,35). The predicted molar refractivity (Wildman–Crippen MR) is 151 cm³/mol. The van der Waals surface area contributed by atoms with Gasteiger partial charge in [-0.05, 0) is 41.0 Å². The average Bonchev–Trinajstić information content (AvgIpc) is 3.47. The Balaban J connectivity index is 1.34. The van der Waals surface area contributed by atoms with Crippen molar-refractivity contribution in [1.82, 2.24) is 9.78 Å². The highest BCUT2D eigenvalue weighted by Gasteiger charge is 2.24. The van der Waals surface area contributed by atoms with Gasteiger partial charge in [0.2, 0.25) is 0 Å². The maximum absolute atomic E-state index is 12.7. The summed E-state index contributed by atoms with van der Waals surface area (Å²) in [6.07, 6.45) is 3.64. The number of thiocarbonyl (C=S) groups is 1. The minimum absolute atomic E-state index is 0.366. The van der Waals surface area contributed by atoms with Crippen LogP contribution < -0.4 is 10.6 Å². The van der Waals surface area contributed by atoms with E-state index in [0.29, 0.717) is 22.2 Å². The summed E-state index contributed by atoms with van der Waals surface area (Å²) in [5.74, 6) is -0.411. The Labute approximate surface area is 218 Å². The van der Waals surface area contributed by atoms with Crippen LogP contribution in [0, 0.1) is 6.92 Å². The number of aromatic nitrogens is 2. The fourth-order valence-corrected chi connectivity index (χ4v) is 5.62. The molecule has 0 atom stereocenters. The minimum atomic E-state index is -0.411. The number of rotatable bonds is 6. The number of ether oxygens (including phenoxy) is 1. The summed E-state index contributed by atoms with van der Waals surface area (Å²) in [7, 11) is 1.38. The van der Waals surface area contributed by atoms with Crippen LogP contribution in [-0.4, -0.2) is 28.0 Å². The fourth-order valence-electron chi connectivity index (χ4n) is 4.27. The number of carbonyl (C=O) groups excluding carboxylic acids is 1. The third-order valence-electron chi connectivity index (χ3n) is 5.87. The van der Waals surface area contributed by atoms with Crippen molar-refractivity contribution >= 4 is 56.1 Å². The largest absolute Gasteiger partial charge is 0.465 e. The topological polar surface area (TPSA) is 68.2 Å². The van der Waals surface area contributed by atoms with Gasteiger partial charge in [-0.15, -0.1) is 11.3 Å². The van der Waals surface area contributed by atoms with E-state index >= 15 is 0 Å². The maximum Gasteiger partial charge on any atom is 0.341 e. The van der Waals surface area contributed by atoms with E-state index in [1.54, 1.807) is 6.20 Å². The number of nitrogens with one attached hydrogen (secondary N) is 2. The molecule has 6 nitrogen and oxygen atoms in total. The lowest BCUT2D eigenvalue weighted by molar-refractivity contribution is 0.0603. The van der Waals surface area contributed by atoms with Crippen LogP contribution in [-0.2, 0) is 11.3 Å². The van der Waals surface area contributed by atoms with E-state index in [0.717, 1.165) is 21.7 Å². The third kappa shape index (κ3) is 4.86. The van der Waals surface area contributed by atoms with E-state index in [2.05, 4.69) is 46.1 Å². The highest BCUT2D eigenvalue weighted by atomic mass is 32.1. The van der Waals surface area contributed by atoms with Gasteiger partial charge in [0, 0.05) is 16.6 Å². The van der Waals surface area contributed by atoms with Crippen molar-refractivity contribution in [2.24, 2.45) is 0 Å². The molecule has 2 heterocycles. The van der Waals surface area contributed by atoms with E-state index in [4.69, 9.17) is 17.0 Å². The first-order valence-electron chi connectivity index (χ1n) is 11.4. The van der Waals surface area contributed by atoms with Gasteiger partial charge in [0.1, 0.15) is 10.6 Å². The predicted octanol–water partition coefficient (Wildman–Crippen LogP) is 6.72. The first kappa shape index (κ1) is 23.7. The summed E-state index contributed by atoms with van der Waals surface area (Å²) >= 11 is 7.03. The molecule has 8 heteroatoms. The summed E-state index contributed by atoms with van der Waals surface area (Å²) in [5, 5.41) is 14.3. The van der Waals surface area contributed by atoms with Crippen molar-refractivity contribution in [3.63, 3.8) is 0 Å². The summed E-state index contributed by atoms with van der Waals surface area (Å²) in [6, 6.07) is 24.4. The second-order valence-electron chi connectivity index (χ2n) is 8.24. The molecule has 5 rings (SSSR count). The molecule has 0 spiro atoms. The normalized spacial score (nSPS) is 10.8. The molecule has 0 radical (unpaired) electrons. The van der Waals surface area contributed by atoms with Crippen molar-refractivity contribution in [1.29, 1.82) is 0 Å². The Bertz CT molecular complexity index is 1550. The Morgan fingerprint density at radius 3 is 2.58 bits per heavy atom. The van der Waals surface area contributed by atoms with Crippen LogP contribution in [0.5, 0.6) is 0 Å². The molecule has 2 aromatic heterocycles. The van der Waals surface area contributed by atoms with Crippen molar-refractivity contribution in [2.45, 2.75) is 13.5 Å². The van der Waals surface area contributed by atoms with Crippen LogP contribution in [0.25, 0.3) is 21.9 Å². The van der Waals surface area contributed by atoms with Crippen molar-refractivity contribution in [3.8, 4) is 11.1 Å². The lowest BCUT2D eigenvalue weighted by atomic mass is 10.0. The van der Waals surface area contributed by atoms with Gasteiger partial charge in [-0.1, -0.05) is 72.8 Å². The van der Waals surface area contributed by atoms with Gasteiger partial charge < -0.3 is 15.4 Å². The fraction of sp³-hybridized carbons (Fsp3) is 0.107. The molecule has 0 aliphatic heterocycles. The number of aryl methyl sites for hydroxylation is 1. The Kier molecular flexibility index (Phi) is 6.79. The van der Waals surface area contributed by atoms with Crippen LogP contribution >= 0.6 is 23.6 Å². The number of thiophene rings is 1. The number of benzene rings is 3. The molecule has 0 aliphatic rings. The molecule has 0 amide bonds. The number of methoxy groups -OCH3 is 1. The lowest BCUT2D eigenvalue weighted by Gasteiger charge is -2.10. The highest BCUT2D eigenvalue weighted by molar-refractivity contribution is 7.80. The molecule has 0 fully saturated rings. The zero-order valence-corrected chi connectivity index (χ0v) is 21.5. The zero-order chi connectivity index (χ0) is 25.1. The van der Waals surface area contributed by atoms with Crippen LogP contribution in [0.1, 0.15) is 20.8 Å². The first-order chi connectivity index (χ1) is 17.5. The van der Waals surface area contributed by atoms with Crippen LogP contribution in [0.3, 0.4) is 0 Å². The van der Waals surface area contributed by atoms with Crippen molar-refractivity contribution in [3.05, 3.63) is 101 Å². The van der Waals surface area contributed by atoms with Gasteiger partial charge in [0.05, 0.1) is 25.5 Å². The number of carbonyl (C=O) groups is 1. The first-order valence-corrected chi connectivity index (χ1v) is 12.6. The number of anilines is 2. The van der Waals surface area contributed by atoms with Gasteiger partial charge in [0.25, 0.3) is 0 Å². The number of hydrogen-bond acceptors (Lipinski definition) is 5. The van der Waals surface area contributed by atoms with Crippen molar-refractivity contribution < 1.29 is 9.53 Å². The summed E-state index contributed by atoms with van der Waals surface area (Å²) in [5.41, 5.74) is 4.22. The second-order valence-corrected chi connectivity index (χ2v) is 9.87. The molecule has 180 valence electrons. The maximum atomic E-state index is 12.7. The van der Waals surface area contributed by atoms with E-state index in [1.807, 2.05) is 60.3 Å². The van der Waals surface area contributed by atoms with Gasteiger partial charge in [-0.3, -0.25) is 4.68 Å². The molecular formula is C28H24N4O2S2. The molecule has 0 unspecified atom stereocenters. The van der Waals surface area contributed by atoms with E-state index < -0.39 is 5.97 Å². The molecule has 0 saturated carbocycles. The molecule has 2 N–H and O–H groups in total. The van der Waals surface area contributed by atoms with Crippen LogP contribution in [0.15, 0.2) is 85.2 Å². The Morgan fingerprint density at radius 1 is 1.03 bits per heavy atom. The lowest BCUT2D eigenvalue weighted by Crippen LogP contribution is -2.19. The molecule has 5 aromatic rings. The Hall–Kier alpha value is -4.01. The average molecular weight is 513 g/mol. The van der Waals surface area contributed by atoms with Gasteiger partial charge in [-0.2, -0.15) is 5.10 Å². The van der Waals surface area contributed by atoms with Crippen LogP contribution in [0.2, 0.25) is 0 Å². The number of fused-ring (bicyclic) bond motifs is 1. The highest BCUT2D eigenvalue weighted by Crippen LogP contribution is 2.40. The van der Waals surface area contributed by atoms with E-state index in [9.17, 15) is 4.79 Å². The SMILES string of the molecule is COC(=O)c1c(NC(=S)Nc2cnn(Cc3cccc4ccccc34)c2)sc(C)c1-c1ccccc1. The van der Waals surface area contributed by atoms with Gasteiger partial charge >= 0.3 is 5.97 Å². The van der Waals surface area contributed by atoms with E-state index in [-0.39, 0.29) is 0 Å². The molecule has 3 aromatic carbocycles. The van der Waals surface area contributed by atoms with Crippen molar-refractivity contribution in [2.75, 3.05) is 17.7 Å². The van der Waals surface area contributed by atoms with Gasteiger partial charge in [0.15, 0.2) is 5.11 Å². The van der Waals surface area contributed by atoms with Crippen LogP contribution in [0.4, 0.5) is 10.7 Å². The summed E-state index contributed by atoms with van der Waals surface area (Å²) in [6.45, 7) is 2.62. The second kappa shape index (κ2) is 10.3. The monoisotopic (exact) mass is 512 g/mol. The van der Waals surface area contributed by atoms with Gasteiger partial charge in [-0.25, -0.2) is 4.79 Å². The number of nitrogens with zero attached hydrogens (tertiary/aromatic N) is 2. The summed E-state index contributed by atoms with van der Waals surface area (Å²) < 4.78 is 6.96. The number of hydrogen-bond donors (Lipinski definition) is 2. The zero-order valence-electron chi connectivity index (χ0n) is 19.8. The summed E-state index contributed by atoms with van der Waals surface area (Å²) in [4.78, 5) is 13.7. The molecule has 0 aliphatic carbocycles.